The van der Waals surface area contributed by atoms with Crippen LogP contribution >= 0.6 is 0 Å². The number of rotatable bonds is 3. The van der Waals surface area contributed by atoms with E-state index in [1.807, 2.05) is 0 Å². The Morgan fingerprint density at radius 2 is 0.980 bits per heavy atom. The van der Waals surface area contributed by atoms with Crippen molar-refractivity contribution >= 4 is 54.1 Å². The first-order valence-electron chi connectivity index (χ1n) is 17.6. The quantitative estimate of drug-likeness (QED) is 0.170. The Bertz CT molecular complexity index is 2980. The van der Waals surface area contributed by atoms with Gasteiger partial charge in [0.1, 0.15) is 0 Å². The van der Waals surface area contributed by atoms with Gasteiger partial charge in [-0.25, -0.2) is 0 Å². The van der Waals surface area contributed by atoms with E-state index in [0.717, 1.165) is 0 Å². The molecule has 1 heterocycles. The second-order valence-electron chi connectivity index (χ2n) is 14.5. The number of hydrogen-bond acceptors (Lipinski definition) is 0. The smallest absolute Gasteiger partial charge is 0.0544 e. The van der Waals surface area contributed by atoms with E-state index in [-0.39, 0.29) is 5.41 Å². The van der Waals surface area contributed by atoms with Crippen molar-refractivity contribution in [2.24, 2.45) is 0 Å². The molecule has 0 bridgehead atoms. The SMILES string of the molecule is CC1(C)c2ccccc2-c2cc3c4cc(-c5ccc6ccc7c(-c8ccccc8)ccc8ccc5c6c87)ccc4n(-c4ccccc4)c3cc21. The lowest BCUT2D eigenvalue weighted by molar-refractivity contribution is 0.661. The van der Waals surface area contributed by atoms with Gasteiger partial charge in [-0.05, 0) is 113 Å². The average molecular weight is 636 g/mol. The summed E-state index contributed by atoms with van der Waals surface area (Å²) >= 11 is 0. The number of nitrogens with zero attached hydrogens (tertiary/aromatic N) is 1. The second-order valence-corrected chi connectivity index (χ2v) is 14.5. The lowest BCUT2D eigenvalue weighted by atomic mass is 9.82. The van der Waals surface area contributed by atoms with Gasteiger partial charge in [-0.1, -0.05) is 141 Å². The minimum absolute atomic E-state index is 0.0641. The molecule has 1 nitrogen and oxygen atoms in total. The van der Waals surface area contributed by atoms with Gasteiger partial charge in [0.05, 0.1) is 11.0 Å². The summed E-state index contributed by atoms with van der Waals surface area (Å²) < 4.78 is 2.46. The molecule has 1 aliphatic carbocycles. The van der Waals surface area contributed by atoms with Crippen molar-refractivity contribution in [3.63, 3.8) is 0 Å². The first-order valence-corrected chi connectivity index (χ1v) is 17.6. The summed E-state index contributed by atoms with van der Waals surface area (Å²) in [5.41, 5.74) is 14.2. The van der Waals surface area contributed by atoms with Crippen LogP contribution in [0.25, 0.3) is 93.2 Å². The van der Waals surface area contributed by atoms with E-state index in [9.17, 15) is 0 Å². The molecule has 0 aliphatic heterocycles. The molecular weight excluding hydrogens is 603 g/mol. The van der Waals surface area contributed by atoms with E-state index >= 15 is 0 Å². The highest BCUT2D eigenvalue weighted by Crippen LogP contribution is 2.51. The van der Waals surface area contributed by atoms with Crippen LogP contribution in [0.5, 0.6) is 0 Å². The molecule has 0 radical (unpaired) electrons. The molecule has 9 aromatic carbocycles. The maximum absolute atomic E-state index is 2.47. The molecule has 1 heteroatoms. The molecule has 10 aromatic rings. The molecule has 1 aromatic heterocycles. The summed E-state index contributed by atoms with van der Waals surface area (Å²) in [5.74, 6) is 0. The van der Waals surface area contributed by atoms with Crippen LogP contribution in [0.1, 0.15) is 25.0 Å². The Labute approximate surface area is 291 Å². The molecular formula is C49H33N. The van der Waals surface area contributed by atoms with Crippen molar-refractivity contribution in [1.82, 2.24) is 4.57 Å². The summed E-state index contributed by atoms with van der Waals surface area (Å²) in [6.45, 7) is 4.74. The van der Waals surface area contributed by atoms with Gasteiger partial charge in [-0.15, -0.1) is 0 Å². The standard InChI is InChI=1S/C49H33N/c1-49(2)43-16-10-9-15-37(43)40-28-42-41-27-33(21-26-45(41)50(46(42)29-44(40)49)34-13-7-4-8-14-34)36-23-18-32-19-24-38-35(30-11-5-3-6-12-30)22-17-31-20-25-39(36)48(32)47(31)38/h3-29H,1-2H3. The first kappa shape index (κ1) is 27.7. The fourth-order valence-electron chi connectivity index (χ4n) is 9.16. The van der Waals surface area contributed by atoms with Gasteiger partial charge < -0.3 is 4.57 Å². The van der Waals surface area contributed by atoms with Crippen LogP contribution in [0.4, 0.5) is 0 Å². The van der Waals surface area contributed by atoms with Gasteiger partial charge in [0.15, 0.2) is 0 Å². The average Bonchev–Trinajstić information content (AvgIpc) is 3.61. The van der Waals surface area contributed by atoms with Crippen LogP contribution in [0.2, 0.25) is 0 Å². The molecule has 0 unspecified atom stereocenters. The molecule has 0 atom stereocenters. The number of benzene rings is 9. The summed E-state index contributed by atoms with van der Waals surface area (Å²) in [6.07, 6.45) is 0. The fourth-order valence-corrected chi connectivity index (χ4v) is 9.16. The molecule has 0 saturated heterocycles. The predicted octanol–water partition coefficient (Wildman–Crippen LogP) is 13.3. The normalized spacial score (nSPS) is 13.6. The maximum atomic E-state index is 2.47. The van der Waals surface area contributed by atoms with Gasteiger partial charge in [0.2, 0.25) is 0 Å². The van der Waals surface area contributed by atoms with E-state index in [0.29, 0.717) is 0 Å². The number of hydrogen-bond donors (Lipinski definition) is 0. The Balaban J connectivity index is 1.19. The summed E-state index contributed by atoms with van der Waals surface area (Å²) in [5, 5.41) is 10.4. The van der Waals surface area contributed by atoms with E-state index in [1.54, 1.807) is 0 Å². The Kier molecular flexibility index (Phi) is 5.51. The Morgan fingerprint density at radius 1 is 0.380 bits per heavy atom. The third-order valence-electron chi connectivity index (χ3n) is 11.5. The highest BCUT2D eigenvalue weighted by molar-refractivity contribution is 6.28. The van der Waals surface area contributed by atoms with Gasteiger partial charge in [0, 0.05) is 21.9 Å². The van der Waals surface area contributed by atoms with Crippen molar-refractivity contribution < 1.29 is 0 Å². The highest BCUT2D eigenvalue weighted by Gasteiger charge is 2.36. The number of fused-ring (bicyclic) bond motifs is 6. The lowest BCUT2D eigenvalue weighted by Crippen LogP contribution is -2.14. The summed E-state index contributed by atoms with van der Waals surface area (Å²) in [6, 6.07) is 61.1. The zero-order chi connectivity index (χ0) is 33.1. The molecule has 0 amide bonds. The fraction of sp³-hybridized carbons (Fsp3) is 0.0612. The van der Waals surface area contributed by atoms with E-state index in [1.165, 1.54) is 104 Å². The predicted molar refractivity (Wildman–Crippen MR) is 213 cm³/mol. The zero-order valence-corrected chi connectivity index (χ0v) is 28.0. The molecule has 0 N–H and O–H groups in total. The van der Waals surface area contributed by atoms with E-state index in [4.69, 9.17) is 0 Å². The molecule has 234 valence electrons. The van der Waals surface area contributed by atoms with E-state index in [2.05, 4.69) is 182 Å². The number of aromatic nitrogens is 1. The first-order chi connectivity index (χ1) is 24.6. The Morgan fingerprint density at radius 3 is 1.70 bits per heavy atom. The monoisotopic (exact) mass is 635 g/mol. The largest absolute Gasteiger partial charge is 0.309 e. The second kappa shape index (κ2) is 9.94. The summed E-state index contributed by atoms with van der Waals surface area (Å²) in [7, 11) is 0. The van der Waals surface area contributed by atoms with Crippen LogP contribution in [-0.4, -0.2) is 4.57 Å². The van der Waals surface area contributed by atoms with Crippen molar-refractivity contribution in [1.29, 1.82) is 0 Å². The molecule has 0 fully saturated rings. The molecule has 1 aliphatic rings. The molecule has 0 saturated carbocycles. The van der Waals surface area contributed by atoms with Gasteiger partial charge in [-0.2, -0.15) is 0 Å². The van der Waals surface area contributed by atoms with Crippen LogP contribution in [0, 0.1) is 0 Å². The topological polar surface area (TPSA) is 4.93 Å². The van der Waals surface area contributed by atoms with Gasteiger partial charge in [-0.3, -0.25) is 0 Å². The lowest BCUT2D eigenvalue weighted by Gasteiger charge is -2.21. The molecule has 50 heavy (non-hydrogen) atoms. The van der Waals surface area contributed by atoms with Gasteiger partial charge >= 0.3 is 0 Å². The van der Waals surface area contributed by atoms with Crippen LogP contribution < -0.4 is 0 Å². The minimum atomic E-state index is -0.0641. The minimum Gasteiger partial charge on any atom is -0.309 e. The summed E-state index contributed by atoms with van der Waals surface area (Å²) in [4.78, 5) is 0. The Hall–Kier alpha value is -6.18. The number of para-hydroxylation sites is 1. The van der Waals surface area contributed by atoms with Crippen molar-refractivity contribution in [2.45, 2.75) is 19.3 Å². The van der Waals surface area contributed by atoms with Crippen LogP contribution in [-0.2, 0) is 5.41 Å². The highest BCUT2D eigenvalue weighted by atomic mass is 15.0. The molecule has 0 spiro atoms. The van der Waals surface area contributed by atoms with Gasteiger partial charge in [0.25, 0.3) is 0 Å². The van der Waals surface area contributed by atoms with Crippen molar-refractivity contribution in [2.75, 3.05) is 0 Å². The van der Waals surface area contributed by atoms with Crippen LogP contribution in [0.3, 0.4) is 0 Å². The van der Waals surface area contributed by atoms with Crippen molar-refractivity contribution in [3.8, 4) is 39.1 Å². The third kappa shape index (κ3) is 3.67. The van der Waals surface area contributed by atoms with E-state index < -0.39 is 0 Å². The third-order valence-corrected chi connectivity index (χ3v) is 11.5. The zero-order valence-electron chi connectivity index (χ0n) is 28.0. The maximum Gasteiger partial charge on any atom is 0.0544 e. The molecule has 11 rings (SSSR count). The van der Waals surface area contributed by atoms with Crippen LogP contribution in [0.15, 0.2) is 164 Å². The van der Waals surface area contributed by atoms with Crippen molar-refractivity contribution in [3.05, 3.63) is 175 Å².